The largest absolute Gasteiger partial charge is 0.411 e. The van der Waals surface area contributed by atoms with Gasteiger partial charge in [0.1, 0.15) is 13.2 Å². The first-order valence-electron chi connectivity index (χ1n) is 7.34. The Labute approximate surface area is 128 Å². The van der Waals surface area contributed by atoms with Crippen LogP contribution in [-0.4, -0.2) is 36.2 Å². The highest BCUT2D eigenvalue weighted by molar-refractivity contribution is 5.77. The molecule has 1 amide bonds. The van der Waals surface area contributed by atoms with E-state index in [4.69, 9.17) is 0 Å². The first kappa shape index (κ1) is 16.8. The van der Waals surface area contributed by atoms with Crippen molar-refractivity contribution in [1.29, 1.82) is 0 Å². The fourth-order valence-corrected chi connectivity index (χ4v) is 2.41. The first-order chi connectivity index (χ1) is 10.4. The van der Waals surface area contributed by atoms with Gasteiger partial charge in [0, 0.05) is 12.6 Å². The summed E-state index contributed by atoms with van der Waals surface area (Å²) in [5, 5.41) is 0. The fourth-order valence-electron chi connectivity index (χ4n) is 2.41. The van der Waals surface area contributed by atoms with Crippen molar-refractivity contribution in [3.63, 3.8) is 0 Å². The smallest absolute Gasteiger partial charge is 0.362 e. The maximum Gasteiger partial charge on any atom is 0.411 e. The van der Waals surface area contributed by atoms with E-state index >= 15 is 0 Å². The fraction of sp³-hybridized carbons (Fsp3) is 0.562. The van der Waals surface area contributed by atoms with Crippen molar-refractivity contribution in [2.45, 2.75) is 38.5 Å². The predicted molar refractivity (Wildman–Crippen MR) is 76.1 cm³/mol. The summed E-state index contributed by atoms with van der Waals surface area (Å²) >= 11 is 0. The second-order valence-electron chi connectivity index (χ2n) is 5.69. The highest BCUT2D eigenvalue weighted by atomic mass is 19.4. The van der Waals surface area contributed by atoms with Crippen LogP contribution in [0.1, 0.15) is 25.3 Å². The van der Waals surface area contributed by atoms with Crippen LogP contribution in [0, 0.1) is 5.92 Å². The summed E-state index contributed by atoms with van der Waals surface area (Å²) in [5.41, 5.74) is 0.958. The van der Waals surface area contributed by atoms with Crippen molar-refractivity contribution in [2.24, 2.45) is 5.92 Å². The predicted octanol–water partition coefficient (Wildman–Crippen LogP) is 3.39. The molecule has 22 heavy (non-hydrogen) atoms. The molecule has 0 radical (unpaired) electrons. The highest BCUT2D eigenvalue weighted by Crippen LogP contribution is 2.35. The van der Waals surface area contributed by atoms with E-state index in [0.29, 0.717) is 12.5 Å². The molecule has 0 aromatic heterocycles. The van der Waals surface area contributed by atoms with E-state index in [1.54, 1.807) is 4.90 Å². The van der Waals surface area contributed by atoms with E-state index in [0.717, 1.165) is 18.4 Å². The maximum absolute atomic E-state index is 12.2. The zero-order chi connectivity index (χ0) is 16.2. The number of benzene rings is 1. The van der Waals surface area contributed by atoms with Crippen molar-refractivity contribution < 1.29 is 22.7 Å². The summed E-state index contributed by atoms with van der Waals surface area (Å²) in [6, 6.07) is 9.45. The Morgan fingerprint density at radius 3 is 2.50 bits per heavy atom. The van der Waals surface area contributed by atoms with E-state index in [9.17, 15) is 18.0 Å². The van der Waals surface area contributed by atoms with E-state index in [2.05, 4.69) is 4.74 Å². The molecule has 6 heteroatoms. The molecular weight excluding hydrogens is 295 g/mol. The van der Waals surface area contributed by atoms with Gasteiger partial charge in [-0.25, -0.2) is 0 Å². The SMILES string of the molecule is CC(C1CC1)N(Cc1ccccc1)C(=O)COCC(F)(F)F. The molecule has 0 saturated heterocycles. The van der Waals surface area contributed by atoms with Crippen LogP contribution in [0.4, 0.5) is 13.2 Å². The van der Waals surface area contributed by atoms with Gasteiger partial charge in [0.15, 0.2) is 0 Å². The van der Waals surface area contributed by atoms with E-state index in [1.807, 2.05) is 37.3 Å². The minimum Gasteiger partial charge on any atom is -0.362 e. The lowest BCUT2D eigenvalue weighted by Crippen LogP contribution is -2.41. The molecule has 1 unspecified atom stereocenters. The lowest BCUT2D eigenvalue weighted by atomic mass is 10.1. The lowest BCUT2D eigenvalue weighted by Gasteiger charge is -2.29. The van der Waals surface area contributed by atoms with Gasteiger partial charge in [0.25, 0.3) is 0 Å². The Kier molecular flexibility index (Phi) is 5.45. The average molecular weight is 315 g/mol. The standard InChI is InChI=1S/C16H20F3NO2/c1-12(14-7-8-14)20(9-13-5-3-2-4-6-13)15(21)10-22-11-16(17,18)19/h2-6,12,14H,7-11H2,1H3. The topological polar surface area (TPSA) is 29.5 Å². The van der Waals surface area contributed by atoms with Gasteiger partial charge in [-0.3, -0.25) is 4.79 Å². The van der Waals surface area contributed by atoms with E-state index in [1.165, 1.54) is 0 Å². The van der Waals surface area contributed by atoms with Crippen molar-refractivity contribution >= 4 is 5.91 Å². The summed E-state index contributed by atoms with van der Waals surface area (Å²) < 4.78 is 40.8. The van der Waals surface area contributed by atoms with Crippen LogP contribution in [0.3, 0.4) is 0 Å². The van der Waals surface area contributed by atoms with Crippen LogP contribution in [-0.2, 0) is 16.1 Å². The Balaban J connectivity index is 1.96. The van der Waals surface area contributed by atoms with Gasteiger partial charge in [-0.1, -0.05) is 30.3 Å². The van der Waals surface area contributed by atoms with E-state index in [-0.39, 0.29) is 6.04 Å². The zero-order valence-corrected chi connectivity index (χ0v) is 12.5. The number of halogens is 3. The molecule has 1 aromatic rings. The Morgan fingerprint density at radius 2 is 1.95 bits per heavy atom. The average Bonchev–Trinajstić information content (AvgIpc) is 3.28. The second-order valence-corrected chi connectivity index (χ2v) is 5.69. The van der Waals surface area contributed by atoms with Crippen LogP contribution in [0.2, 0.25) is 0 Å². The number of nitrogens with zero attached hydrogens (tertiary/aromatic N) is 1. The monoisotopic (exact) mass is 315 g/mol. The van der Waals surface area contributed by atoms with Crippen molar-refractivity contribution in [1.82, 2.24) is 4.90 Å². The molecule has 1 saturated carbocycles. The number of hydrogen-bond donors (Lipinski definition) is 0. The summed E-state index contributed by atoms with van der Waals surface area (Å²) in [7, 11) is 0. The number of hydrogen-bond acceptors (Lipinski definition) is 2. The van der Waals surface area contributed by atoms with E-state index < -0.39 is 25.3 Å². The molecule has 0 aliphatic heterocycles. The molecule has 1 fully saturated rings. The first-order valence-corrected chi connectivity index (χ1v) is 7.34. The number of carbonyl (C=O) groups excluding carboxylic acids is 1. The minimum atomic E-state index is -4.41. The van der Waals surface area contributed by atoms with Crippen molar-refractivity contribution in [3.05, 3.63) is 35.9 Å². The third kappa shape index (κ3) is 5.33. The van der Waals surface area contributed by atoms with Crippen LogP contribution in [0.15, 0.2) is 30.3 Å². The van der Waals surface area contributed by atoms with Gasteiger partial charge in [0.05, 0.1) is 0 Å². The van der Waals surface area contributed by atoms with Gasteiger partial charge in [-0.2, -0.15) is 13.2 Å². The summed E-state index contributed by atoms with van der Waals surface area (Å²) in [4.78, 5) is 13.9. The minimum absolute atomic E-state index is 0.0159. The Bertz CT molecular complexity index is 486. The molecule has 2 rings (SSSR count). The number of alkyl halides is 3. The molecule has 1 aromatic carbocycles. The lowest BCUT2D eigenvalue weighted by molar-refractivity contribution is -0.178. The summed E-state index contributed by atoms with van der Waals surface area (Å²) in [6.07, 6.45) is -2.29. The molecule has 1 atom stereocenters. The van der Waals surface area contributed by atoms with Crippen molar-refractivity contribution in [3.8, 4) is 0 Å². The van der Waals surface area contributed by atoms with Crippen LogP contribution < -0.4 is 0 Å². The van der Waals surface area contributed by atoms with Gasteiger partial charge in [-0.15, -0.1) is 0 Å². The molecule has 0 bridgehead atoms. The molecule has 1 aliphatic carbocycles. The van der Waals surface area contributed by atoms with Crippen LogP contribution in [0.25, 0.3) is 0 Å². The van der Waals surface area contributed by atoms with Crippen LogP contribution >= 0.6 is 0 Å². The van der Waals surface area contributed by atoms with Crippen molar-refractivity contribution in [2.75, 3.05) is 13.2 Å². The quantitative estimate of drug-likeness (QED) is 0.772. The van der Waals surface area contributed by atoms with Gasteiger partial charge >= 0.3 is 6.18 Å². The molecule has 0 N–H and O–H groups in total. The normalized spacial score (nSPS) is 16.4. The maximum atomic E-state index is 12.2. The molecule has 0 heterocycles. The second kappa shape index (κ2) is 7.13. The molecule has 3 nitrogen and oxygen atoms in total. The Hall–Kier alpha value is -1.56. The highest BCUT2D eigenvalue weighted by Gasteiger charge is 2.35. The molecule has 0 spiro atoms. The van der Waals surface area contributed by atoms with Gasteiger partial charge < -0.3 is 9.64 Å². The molecule has 122 valence electrons. The number of amides is 1. The zero-order valence-electron chi connectivity index (χ0n) is 12.5. The number of ether oxygens (including phenoxy) is 1. The number of carbonyl (C=O) groups is 1. The third-order valence-corrected chi connectivity index (χ3v) is 3.80. The summed E-state index contributed by atoms with van der Waals surface area (Å²) in [5.74, 6) is 0.0442. The van der Waals surface area contributed by atoms with Gasteiger partial charge in [0.2, 0.25) is 5.91 Å². The molecular formula is C16H20F3NO2. The van der Waals surface area contributed by atoms with Crippen LogP contribution in [0.5, 0.6) is 0 Å². The third-order valence-electron chi connectivity index (χ3n) is 3.80. The van der Waals surface area contributed by atoms with Gasteiger partial charge in [-0.05, 0) is 31.2 Å². The molecule has 1 aliphatic rings. The Morgan fingerprint density at radius 1 is 1.32 bits per heavy atom. The summed E-state index contributed by atoms with van der Waals surface area (Å²) in [6.45, 7) is 0.411. The number of rotatable bonds is 7.